The molecule has 3 heterocycles. The minimum Gasteiger partial charge on any atom is -0.379 e. The van der Waals surface area contributed by atoms with Crippen LogP contribution in [0.2, 0.25) is 0 Å². The Morgan fingerprint density at radius 1 is 1.00 bits per heavy atom. The van der Waals surface area contributed by atoms with E-state index in [4.69, 9.17) is 9.72 Å². The standard InChI is InChI=1S/C24H30N4O3/c1-18(2)14-28-23(29)17-27(24(28)30)15-19-6-8-20(9-7-19)22-5-3-4-21(25-22)16-26-10-12-31-13-11-26/h3-9,18H,10-17H2,1-2H3. The molecule has 0 radical (unpaired) electrons. The Morgan fingerprint density at radius 3 is 2.45 bits per heavy atom. The van der Waals surface area contributed by atoms with Crippen LogP contribution in [0.1, 0.15) is 25.1 Å². The van der Waals surface area contributed by atoms with E-state index in [-0.39, 0.29) is 24.4 Å². The van der Waals surface area contributed by atoms with Crippen LogP contribution in [0, 0.1) is 5.92 Å². The molecule has 4 rings (SSSR count). The predicted octanol–water partition coefficient (Wildman–Crippen LogP) is 3.00. The molecule has 2 saturated heterocycles. The van der Waals surface area contributed by atoms with Crippen molar-refractivity contribution in [2.45, 2.75) is 26.9 Å². The van der Waals surface area contributed by atoms with E-state index in [1.165, 1.54) is 4.90 Å². The van der Waals surface area contributed by atoms with Crippen LogP contribution in [0.5, 0.6) is 0 Å². The van der Waals surface area contributed by atoms with Gasteiger partial charge in [-0.05, 0) is 23.6 Å². The van der Waals surface area contributed by atoms with Crippen LogP contribution >= 0.6 is 0 Å². The first-order chi connectivity index (χ1) is 15.0. The molecule has 0 N–H and O–H groups in total. The van der Waals surface area contributed by atoms with Crippen molar-refractivity contribution in [3.8, 4) is 11.3 Å². The molecule has 7 heteroatoms. The number of pyridine rings is 1. The molecular weight excluding hydrogens is 392 g/mol. The Hall–Kier alpha value is -2.77. The quantitative estimate of drug-likeness (QED) is 0.642. The minimum absolute atomic E-state index is 0.114. The van der Waals surface area contributed by atoms with Crippen molar-refractivity contribution in [1.29, 1.82) is 0 Å². The van der Waals surface area contributed by atoms with Gasteiger partial charge in [0.25, 0.3) is 0 Å². The molecule has 2 aromatic rings. The van der Waals surface area contributed by atoms with Gasteiger partial charge >= 0.3 is 6.03 Å². The maximum Gasteiger partial charge on any atom is 0.327 e. The van der Waals surface area contributed by atoms with E-state index in [0.29, 0.717) is 13.1 Å². The second-order valence-corrected chi connectivity index (χ2v) is 8.64. The average molecular weight is 423 g/mol. The summed E-state index contributed by atoms with van der Waals surface area (Å²) in [5.41, 5.74) is 4.03. The number of carbonyl (C=O) groups is 2. The van der Waals surface area contributed by atoms with Crippen molar-refractivity contribution in [2.75, 3.05) is 39.4 Å². The molecule has 0 bridgehead atoms. The molecule has 164 valence electrons. The van der Waals surface area contributed by atoms with Crippen LogP contribution in [0.25, 0.3) is 11.3 Å². The molecule has 3 amide bonds. The molecular formula is C24H30N4O3. The molecule has 2 aliphatic heterocycles. The van der Waals surface area contributed by atoms with Crippen molar-refractivity contribution >= 4 is 11.9 Å². The number of morpholine rings is 1. The van der Waals surface area contributed by atoms with Crippen LogP contribution in [0.15, 0.2) is 42.5 Å². The molecule has 0 atom stereocenters. The molecule has 2 aliphatic rings. The number of rotatable bonds is 7. The Bertz CT molecular complexity index is 923. The van der Waals surface area contributed by atoms with Gasteiger partial charge in [-0.2, -0.15) is 0 Å². The van der Waals surface area contributed by atoms with Gasteiger partial charge in [0.15, 0.2) is 0 Å². The first-order valence-electron chi connectivity index (χ1n) is 10.9. The minimum atomic E-state index is -0.194. The molecule has 1 aromatic carbocycles. The third kappa shape index (κ3) is 5.29. The summed E-state index contributed by atoms with van der Waals surface area (Å²) in [4.78, 5) is 34.9. The fourth-order valence-electron chi connectivity index (χ4n) is 3.98. The van der Waals surface area contributed by atoms with E-state index in [0.717, 1.165) is 55.4 Å². The highest BCUT2D eigenvalue weighted by molar-refractivity contribution is 6.01. The Morgan fingerprint density at radius 2 is 1.74 bits per heavy atom. The van der Waals surface area contributed by atoms with Crippen LogP contribution in [0.3, 0.4) is 0 Å². The van der Waals surface area contributed by atoms with Gasteiger partial charge in [-0.1, -0.05) is 44.2 Å². The van der Waals surface area contributed by atoms with E-state index in [2.05, 4.69) is 11.0 Å². The number of imide groups is 1. The lowest BCUT2D eigenvalue weighted by Gasteiger charge is -2.26. The van der Waals surface area contributed by atoms with Gasteiger partial charge in [0.05, 0.1) is 24.6 Å². The zero-order valence-corrected chi connectivity index (χ0v) is 18.3. The number of nitrogens with zero attached hydrogens (tertiary/aromatic N) is 4. The van der Waals surface area contributed by atoms with Crippen LogP contribution in [-0.4, -0.2) is 71.0 Å². The van der Waals surface area contributed by atoms with Gasteiger partial charge in [-0.15, -0.1) is 0 Å². The Labute approximate surface area is 183 Å². The second kappa shape index (κ2) is 9.58. The van der Waals surface area contributed by atoms with Crippen molar-refractivity contribution in [3.05, 3.63) is 53.7 Å². The molecule has 0 unspecified atom stereocenters. The van der Waals surface area contributed by atoms with E-state index in [9.17, 15) is 9.59 Å². The zero-order chi connectivity index (χ0) is 21.8. The molecule has 0 spiro atoms. The number of urea groups is 1. The summed E-state index contributed by atoms with van der Waals surface area (Å²) in [6, 6.07) is 14.0. The Kier molecular flexibility index (Phi) is 6.63. The van der Waals surface area contributed by atoms with Crippen LogP contribution in [0.4, 0.5) is 4.79 Å². The predicted molar refractivity (Wildman–Crippen MR) is 118 cm³/mol. The number of aromatic nitrogens is 1. The van der Waals surface area contributed by atoms with Crippen molar-refractivity contribution < 1.29 is 14.3 Å². The van der Waals surface area contributed by atoms with E-state index < -0.39 is 0 Å². The number of hydrogen-bond acceptors (Lipinski definition) is 5. The topological polar surface area (TPSA) is 66.0 Å². The monoisotopic (exact) mass is 422 g/mol. The van der Waals surface area contributed by atoms with Gasteiger partial charge < -0.3 is 9.64 Å². The molecule has 0 aliphatic carbocycles. The fourth-order valence-corrected chi connectivity index (χ4v) is 3.98. The summed E-state index contributed by atoms with van der Waals surface area (Å²) in [5.74, 6) is 0.148. The number of amides is 3. The average Bonchev–Trinajstić information content (AvgIpc) is 3.02. The highest BCUT2D eigenvalue weighted by Gasteiger charge is 2.35. The summed E-state index contributed by atoms with van der Waals surface area (Å²) < 4.78 is 5.42. The largest absolute Gasteiger partial charge is 0.379 e. The van der Waals surface area contributed by atoms with Crippen LogP contribution in [-0.2, 0) is 22.6 Å². The van der Waals surface area contributed by atoms with Gasteiger partial charge in [0, 0.05) is 38.3 Å². The van der Waals surface area contributed by atoms with E-state index in [1.54, 1.807) is 4.90 Å². The SMILES string of the molecule is CC(C)CN1C(=O)CN(Cc2ccc(-c3cccc(CN4CCOCC4)n3)cc2)C1=O. The maximum absolute atomic E-state index is 12.6. The summed E-state index contributed by atoms with van der Waals surface area (Å²) >= 11 is 0. The second-order valence-electron chi connectivity index (χ2n) is 8.64. The van der Waals surface area contributed by atoms with Gasteiger partial charge in [0.1, 0.15) is 6.54 Å². The third-order valence-corrected chi connectivity index (χ3v) is 5.60. The summed E-state index contributed by atoms with van der Waals surface area (Å²) in [6.07, 6.45) is 0. The number of hydrogen-bond donors (Lipinski definition) is 0. The smallest absolute Gasteiger partial charge is 0.327 e. The summed E-state index contributed by atoms with van der Waals surface area (Å²) in [5, 5.41) is 0. The maximum atomic E-state index is 12.6. The number of benzene rings is 1. The van der Waals surface area contributed by atoms with Crippen molar-refractivity contribution in [1.82, 2.24) is 19.7 Å². The lowest BCUT2D eigenvalue weighted by Crippen LogP contribution is -2.35. The van der Waals surface area contributed by atoms with E-state index >= 15 is 0 Å². The normalized spacial score (nSPS) is 17.8. The van der Waals surface area contributed by atoms with Gasteiger partial charge in [-0.25, -0.2) is 4.79 Å². The summed E-state index contributed by atoms with van der Waals surface area (Å²) in [6.45, 7) is 9.33. The van der Waals surface area contributed by atoms with Crippen molar-refractivity contribution in [3.63, 3.8) is 0 Å². The first kappa shape index (κ1) is 21.5. The molecule has 31 heavy (non-hydrogen) atoms. The lowest BCUT2D eigenvalue weighted by molar-refractivity contribution is -0.125. The lowest BCUT2D eigenvalue weighted by atomic mass is 10.1. The van der Waals surface area contributed by atoms with Crippen molar-refractivity contribution in [2.24, 2.45) is 5.92 Å². The molecule has 0 saturated carbocycles. The number of ether oxygens (including phenoxy) is 1. The zero-order valence-electron chi connectivity index (χ0n) is 18.3. The molecule has 2 fully saturated rings. The fraction of sp³-hybridized carbons (Fsp3) is 0.458. The first-order valence-corrected chi connectivity index (χ1v) is 10.9. The van der Waals surface area contributed by atoms with E-state index in [1.807, 2.05) is 50.2 Å². The third-order valence-electron chi connectivity index (χ3n) is 5.60. The highest BCUT2D eigenvalue weighted by Crippen LogP contribution is 2.21. The van der Waals surface area contributed by atoms with Crippen LogP contribution < -0.4 is 0 Å². The van der Waals surface area contributed by atoms with Gasteiger partial charge in [0.2, 0.25) is 5.91 Å². The summed E-state index contributed by atoms with van der Waals surface area (Å²) in [7, 11) is 0. The molecule has 1 aromatic heterocycles. The molecule has 7 nitrogen and oxygen atoms in total. The van der Waals surface area contributed by atoms with Gasteiger partial charge in [-0.3, -0.25) is 19.6 Å². The Balaban J connectivity index is 1.40. The highest BCUT2D eigenvalue weighted by atomic mass is 16.5. The number of carbonyl (C=O) groups excluding carboxylic acids is 2.